The third kappa shape index (κ3) is 3.95. The third-order valence-corrected chi connectivity index (χ3v) is 4.14. The van der Waals surface area contributed by atoms with E-state index in [9.17, 15) is 9.90 Å². The van der Waals surface area contributed by atoms with Crippen molar-refractivity contribution in [1.82, 2.24) is 14.7 Å². The Balaban J connectivity index is 1.74. The smallest absolute Gasteiger partial charge is 0.248 e. The van der Waals surface area contributed by atoms with Gasteiger partial charge in [-0.15, -0.1) is 11.3 Å². The molecule has 2 N–H and O–H groups in total. The van der Waals surface area contributed by atoms with Crippen LogP contribution < -0.4 is 5.32 Å². The standard InChI is InChI=1S/C12H17N3O2S2/c1-18-6-3-10(16)11(17)13-4-2-9-8-15-5-7-19-12(15)14-9/h5,7-8,10,16H,2-4,6H2,1H3,(H,13,17)/t10-/m1/s1. The normalized spacial score (nSPS) is 12.7. The zero-order valence-corrected chi connectivity index (χ0v) is 12.3. The lowest BCUT2D eigenvalue weighted by Crippen LogP contribution is -2.36. The molecule has 0 bridgehead atoms. The minimum absolute atomic E-state index is 0.296. The maximum Gasteiger partial charge on any atom is 0.248 e. The summed E-state index contributed by atoms with van der Waals surface area (Å²) in [6.45, 7) is 0.500. The number of fused-ring (bicyclic) bond motifs is 1. The molecule has 0 spiro atoms. The van der Waals surface area contributed by atoms with Gasteiger partial charge in [0.1, 0.15) is 6.10 Å². The highest BCUT2D eigenvalue weighted by Crippen LogP contribution is 2.11. The molecular formula is C12H17N3O2S2. The zero-order chi connectivity index (χ0) is 13.7. The first-order valence-electron chi connectivity index (χ1n) is 6.06. The number of amides is 1. The molecule has 0 aromatic carbocycles. The lowest BCUT2D eigenvalue weighted by molar-refractivity contribution is -0.129. The van der Waals surface area contributed by atoms with E-state index in [1.807, 2.05) is 28.4 Å². The van der Waals surface area contributed by atoms with Gasteiger partial charge in [-0.2, -0.15) is 11.8 Å². The highest BCUT2D eigenvalue weighted by molar-refractivity contribution is 7.98. The number of hydrogen-bond donors (Lipinski definition) is 2. The van der Waals surface area contributed by atoms with E-state index in [1.165, 1.54) is 0 Å². The minimum atomic E-state index is -0.905. The first-order valence-corrected chi connectivity index (χ1v) is 8.34. The molecule has 19 heavy (non-hydrogen) atoms. The van der Waals surface area contributed by atoms with Crippen LogP contribution in [-0.2, 0) is 11.2 Å². The molecule has 0 aliphatic rings. The van der Waals surface area contributed by atoms with Crippen LogP contribution in [-0.4, -0.2) is 45.1 Å². The van der Waals surface area contributed by atoms with Crippen LogP contribution in [0.1, 0.15) is 12.1 Å². The van der Waals surface area contributed by atoms with Gasteiger partial charge in [0.25, 0.3) is 0 Å². The van der Waals surface area contributed by atoms with Gasteiger partial charge in [0.15, 0.2) is 4.96 Å². The maximum atomic E-state index is 11.6. The second kappa shape index (κ2) is 6.93. The van der Waals surface area contributed by atoms with Crippen molar-refractivity contribution in [3.8, 4) is 0 Å². The Morgan fingerprint density at radius 1 is 1.68 bits per heavy atom. The van der Waals surface area contributed by atoms with Crippen LogP contribution in [0.4, 0.5) is 0 Å². The van der Waals surface area contributed by atoms with Crippen molar-refractivity contribution in [3.05, 3.63) is 23.5 Å². The number of imidazole rings is 1. The molecule has 0 saturated heterocycles. The fourth-order valence-electron chi connectivity index (χ4n) is 1.69. The fourth-order valence-corrected chi connectivity index (χ4v) is 2.87. The van der Waals surface area contributed by atoms with Crippen molar-refractivity contribution in [3.63, 3.8) is 0 Å². The Bertz CT molecular complexity index is 509. The van der Waals surface area contributed by atoms with E-state index < -0.39 is 6.10 Å². The average Bonchev–Trinajstić information content (AvgIpc) is 2.96. The molecule has 7 heteroatoms. The highest BCUT2D eigenvalue weighted by Gasteiger charge is 2.13. The van der Waals surface area contributed by atoms with Gasteiger partial charge in [-0.25, -0.2) is 4.98 Å². The average molecular weight is 299 g/mol. The molecule has 0 unspecified atom stereocenters. The van der Waals surface area contributed by atoms with Gasteiger partial charge in [0, 0.05) is 30.7 Å². The first kappa shape index (κ1) is 14.4. The molecule has 2 aromatic heterocycles. The molecule has 1 atom stereocenters. The molecule has 2 aromatic rings. The first-order chi connectivity index (χ1) is 9.20. The largest absolute Gasteiger partial charge is 0.383 e. The second-order valence-electron chi connectivity index (χ2n) is 4.16. The second-order valence-corrected chi connectivity index (χ2v) is 6.02. The van der Waals surface area contributed by atoms with E-state index in [4.69, 9.17) is 0 Å². The summed E-state index contributed by atoms with van der Waals surface area (Å²) >= 11 is 3.20. The third-order valence-electron chi connectivity index (χ3n) is 2.72. The quantitative estimate of drug-likeness (QED) is 0.805. The van der Waals surface area contributed by atoms with Gasteiger partial charge >= 0.3 is 0 Å². The van der Waals surface area contributed by atoms with Crippen LogP contribution in [0.15, 0.2) is 17.8 Å². The van der Waals surface area contributed by atoms with Gasteiger partial charge < -0.3 is 10.4 Å². The number of carbonyl (C=O) groups is 1. The van der Waals surface area contributed by atoms with E-state index in [0.717, 1.165) is 16.4 Å². The Morgan fingerprint density at radius 2 is 2.53 bits per heavy atom. The molecule has 0 aliphatic carbocycles. The molecule has 0 fully saturated rings. The van der Waals surface area contributed by atoms with Crippen LogP contribution in [0, 0.1) is 0 Å². The zero-order valence-electron chi connectivity index (χ0n) is 10.7. The van der Waals surface area contributed by atoms with Gasteiger partial charge in [-0.05, 0) is 18.4 Å². The molecule has 2 rings (SSSR count). The molecule has 104 valence electrons. The van der Waals surface area contributed by atoms with Crippen LogP contribution in [0.5, 0.6) is 0 Å². The number of hydrogen-bond acceptors (Lipinski definition) is 5. The Morgan fingerprint density at radius 3 is 3.26 bits per heavy atom. The molecule has 0 saturated carbocycles. The van der Waals surface area contributed by atoms with E-state index in [0.29, 0.717) is 19.4 Å². The minimum Gasteiger partial charge on any atom is -0.383 e. The highest BCUT2D eigenvalue weighted by atomic mass is 32.2. The van der Waals surface area contributed by atoms with Crippen molar-refractivity contribution < 1.29 is 9.90 Å². The van der Waals surface area contributed by atoms with Crippen molar-refractivity contribution in [2.75, 3.05) is 18.6 Å². The summed E-state index contributed by atoms with van der Waals surface area (Å²) in [7, 11) is 0. The number of nitrogens with zero attached hydrogens (tertiary/aromatic N) is 2. The Kier molecular flexibility index (Phi) is 5.24. The van der Waals surface area contributed by atoms with Gasteiger partial charge in [-0.1, -0.05) is 0 Å². The molecule has 0 aliphatic heterocycles. The number of aromatic nitrogens is 2. The number of rotatable bonds is 7. The van der Waals surface area contributed by atoms with E-state index in [2.05, 4.69) is 10.3 Å². The number of aliphatic hydroxyl groups excluding tert-OH is 1. The van der Waals surface area contributed by atoms with E-state index in [-0.39, 0.29) is 5.91 Å². The van der Waals surface area contributed by atoms with Crippen LogP contribution in [0.25, 0.3) is 4.96 Å². The summed E-state index contributed by atoms with van der Waals surface area (Å²) in [5.74, 6) is 0.487. The van der Waals surface area contributed by atoms with Crippen molar-refractivity contribution in [2.24, 2.45) is 0 Å². The van der Waals surface area contributed by atoms with Gasteiger partial charge in [0.05, 0.1) is 5.69 Å². The van der Waals surface area contributed by atoms with E-state index in [1.54, 1.807) is 23.1 Å². The lowest BCUT2D eigenvalue weighted by atomic mass is 10.2. The Labute approximate surface area is 120 Å². The molecule has 0 radical (unpaired) electrons. The molecule has 1 amide bonds. The lowest BCUT2D eigenvalue weighted by Gasteiger charge is -2.09. The number of nitrogens with one attached hydrogen (secondary N) is 1. The summed E-state index contributed by atoms with van der Waals surface area (Å²) in [5, 5.41) is 14.3. The number of aliphatic hydroxyl groups is 1. The number of carbonyl (C=O) groups excluding carboxylic acids is 1. The summed E-state index contributed by atoms with van der Waals surface area (Å²) in [5.41, 5.74) is 0.950. The van der Waals surface area contributed by atoms with E-state index >= 15 is 0 Å². The van der Waals surface area contributed by atoms with Crippen molar-refractivity contribution >= 4 is 34.0 Å². The van der Waals surface area contributed by atoms with Crippen molar-refractivity contribution in [1.29, 1.82) is 0 Å². The molecular weight excluding hydrogens is 282 g/mol. The van der Waals surface area contributed by atoms with Crippen molar-refractivity contribution in [2.45, 2.75) is 18.9 Å². The summed E-state index contributed by atoms with van der Waals surface area (Å²) < 4.78 is 1.97. The van der Waals surface area contributed by atoms with Crippen LogP contribution in [0.3, 0.4) is 0 Å². The number of thioether (sulfide) groups is 1. The summed E-state index contributed by atoms with van der Waals surface area (Å²) in [4.78, 5) is 17.0. The maximum absolute atomic E-state index is 11.6. The predicted octanol–water partition coefficient (Wildman–Crippen LogP) is 1.17. The molecule has 2 heterocycles. The SMILES string of the molecule is CSCC[C@@H](O)C(=O)NCCc1cn2ccsc2n1. The summed E-state index contributed by atoms with van der Waals surface area (Å²) in [6.07, 6.45) is 6.14. The van der Waals surface area contributed by atoms with Gasteiger partial charge in [-0.3, -0.25) is 9.20 Å². The number of thiazole rings is 1. The van der Waals surface area contributed by atoms with Gasteiger partial charge in [0.2, 0.25) is 5.91 Å². The topological polar surface area (TPSA) is 66.6 Å². The predicted molar refractivity (Wildman–Crippen MR) is 78.8 cm³/mol. The fraction of sp³-hybridized carbons (Fsp3) is 0.500. The van der Waals surface area contributed by atoms with Crippen LogP contribution in [0.2, 0.25) is 0 Å². The Hall–Kier alpha value is -1.05. The monoisotopic (exact) mass is 299 g/mol. The summed E-state index contributed by atoms with van der Waals surface area (Å²) in [6, 6.07) is 0. The molecule has 5 nitrogen and oxygen atoms in total. The van der Waals surface area contributed by atoms with Crippen LogP contribution >= 0.6 is 23.1 Å².